The van der Waals surface area contributed by atoms with Crippen molar-refractivity contribution in [3.8, 4) is 12.1 Å². The topological polar surface area (TPSA) is 47.6 Å². The van der Waals surface area contributed by atoms with Crippen molar-refractivity contribution >= 4 is 0 Å². The first kappa shape index (κ1) is 7.98. The minimum absolute atomic E-state index is 0.110. The molecule has 0 amide bonds. The Balaban J connectivity index is 3.12. The fourth-order valence-electron chi connectivity index (χ4n) is 0.552. The van der Waals surface area contributed by atoms with Crippen molar-refractivity contribution in [1.82, 2.24) is 0 Å². The van der Waals surface area contributed by atoms with Crippen molar-refractivity contribution in [2.45, 2.75) is 26.2 Å². The second-order valence-electron chi connectivity index (χ2n) is 2.08. The SMILES string of the molecule is C[C@@H](C#N)CCCC#N. The van der Waals surface area contributed by atoms with Crippen LogP contribution in [0.25, 0.3) is 0 Å². The molecule has 9 heavy (non-hydrogen) atoms. The summed E-state index contributed by atoms with van der Waals surface area (Å²) in [5.74, 6) is 0.110. The summed E-state index contributed by atoms with van der Waals surface area (Å²) in [6.45, 7) is 1.87. The molecule has 0 saturated carbocycles. The van der Waals surface area contributed by atoms with E-state index >= 15 is 0 Å². The van der Waals surface area contributed by atoms with Gasteiger partial charge in [-0.05, 0) is 19.8 Å². The van der Waals surface area contributed by atoms with Crippen LogP contribution in [-0.2, 0) is 0 Å². The van der Waals surface area contributed by atoms with Crippen LogP contribution in [0.5, 0.6) is 0 Å². The average molecular weight is 122 g/mol. The van der Waals surface area contributed by atoms with E-state index in [9.17, 15) is 0 Å². The molecule has 0 aliphatic rings. The molecule has 1 atom stereocenters. The third kappa shape index (κ3) is 4.84. The highest BCUT2D eigenvalue weighted by Gasteiger charge is 1.96. The lowest BCUT2D eigenvalue weighted by molar-refractivity contribution is 0.625. The zero-order valence-electron chi connectivity index (χ0n) is 5.59. The van der Waals surface area contributed by atoms with Crippen LogP contribution in [0.1, 0.15) is 26.2 Å². The number of rotatable bonds is 3. The molecule has 0 aromatic heterocycles. The fraction of sp³-hybridized carbons (Fsp3) is 0.714. The van der Waals surface area contributed by atoms with Crippen molar-refractivity contribution in [1.29, 1.82) is 10.5 Å². The van der Waals surface area contributed by atoms with Crippen LogP contribution in [0.3, 0.4) is 0 Å². The molecule has 0 fully saturated rings. The first-order valence-electron chi connectivity index (χ1n) is 3.08. The van der Waals surface area contributed by atoms with Crippen molar-refractivity contribution < 1.29 is 0 Å². The molecule has 0 unspecified atom stereocenters. The Morgan fingerprint density at radius 2 is 2.11 bits per heavy atom. The molecule has 0 spiro atoms. The van der Waals surface area contributed by atoms with Crippen molar-refractivity contribution in [2.75, 3.05) is 0 Å². The van der Waals surface area contributed by atoms with Gasteiger partial charge >= 0.3 is 0 Å². The second-order valence-corrected chi connectivity index (χ2v) is 2.08. The van der Waals surface area contributed by atoms with Gasteiger partial charge < -0.3 is 0 Å². The lowest BCUT2D eigenvalue weighted by Crippen LogP contribution is -1.87. The molecule has 0 aliphatic heterocycles. The Bertz CT molecular complexity index is 138. The largest absolute Gasteiger partial charge is 0.198 e. The maximum atomic E-state index is 8.30. The van der Waals surface area contributed by atoms with Crippen LogP contribution in [0.15, 0.2) is 0 Å². The van der Waals surface area contributed by atoms with Crippen LogP contribution in [-0.4, -0.2) is 0 Å². The van der Waals surface area contributed by atoms with E-state index < -0.39 is 0 Å². The van der Waals surface area contributed by atoms with E-state index in [0.717, 1.165) is 12.8 Å². The van der Waals surface area contributed by atoms with Crippen LogP contribution in [0.2, 0.25) is 0 Å². The molecule has 0 aromatic carbocycles. The van der Waals surface area contributed by atoms with Gasteiger partial charge in [0.25, 0.3) is 0 Å². The molecule has 2 heteroatoms. The molecule has 0 aliphatic carbocycles. The molecule has 0 bridgehead atoms. The number of unbranched alkanes of at least 4 members (excludes halogenated alkanes) is 1. The highest BCUT2D eigenvalue weighted by molar-refractivity contribution is 4.79. The standard InChI is InChI=1S/C7H10N2/c1-7(6-9)4-2-3-5-8/h7H,2-4H2,1H3/t7-/m1/s1. The number of hydrogen-bond acceptors (Lipinski definition) is 2. The summed E-state index contributed by atoms with van der Waals surface area (Å²) < 4.78 is 0. The zero-order valence-corrected chi connectivity index (χ0v) is 5.59. The van der Waals surface area contributed by atoms with Crippen LogP contribution in [0, 0.1) is 28.6 Å². The first-order chi connectivity index (χ1) is 4.31. The van der Waals surface area contributed by atoms with Crippen molar-refractivity contribution in [3.05, 3.63) is 0 Å². The first-order valence-corrected chi connectivity index (χ1v) is 3.08. The predicted molar refractivity (Wildman–Crippen MR) is 34.2 cm³/mol. The van der Waals surface area contributed by atoms with Crippen molar-refractivity contribution in [3.63, 3.8) is 0 Å². The Morgan fingerprint density at radius 1 is 1.44 bits per heavy atom. The van der Waals surface area contributed by atoms with Gasteiger partial charge in [-0.2, -0.15) is 10.5 Å². The summed E-state index contributed by atoms with van der Waals surface area (Å²) >= 11 is 0. The summed E-state index contributed by atoms with van der Waals surface area (Å²) in [6, 6.07) is 4.15. The molecule has 0 saturated heterocycles. The van der Waals surface area contributed by atoms with Gasteiger partial charge in [-0.25, -0.2) is 0 Å². The monoisotopic (exact) mass is 122 g/mol. The molecule has 0 aromatic rings. The van der Waals surface area contributed by atoms with Gasteiger partial charge in [0.15, 0.2) is 0 Å². The van der Waals surface area contributed by atoms with Gasteiger partial charge in [-0.1, -0.05) is 0 Å². The lowest BCUT2D eigenvalue weighted by Gasteiger charge is -1.95. The Morgan fingerprint density at radius 3 is 2.56 bits per heavy atom. The number of nitrogens with zero attached hydrogens (tertiary/aromatic N) is 2. The minimum atomic E-state index is 0.110. The lowest BCUT2D eigenvalue weighted by atomic mass is 10.1. The van der Waals surface area contributed by atoms with Crippen LogP contribution in [0.4, 0.5) is 0 Å². The molecule has 48 valence electrons. The molecule has 0 N–H and O–H groups in total. The van der Waals surface area contributed by atoms with Gasteiger partial charge in [0, 0.05) is 12.3 Å². The summed E-state index contributed by atoms with van der Waals surface area (Å²) in [5, 5.41) is 16.4. The predicted octanol–water partition coefficient (Wildman–Crippen LogP) is 1.84. The Hall–Kier alpha value is -1.02. The van der Waals surface area contributed by atoms with Gasteiger partial charge in [0.2, 0.25) is 0 Å². The highest BCUT2D eigenvalue weighted by Crippen LogP contribution is 2.04. The van der Waals surface area contributed by atoms with E-state index in [2.05, 4.69) is 6.07 Å². The minimum Gasteiger partial charge on any atom is -0.198 e. The van der Waals surface area contributed by atoms with E-state index in [1.807, 2.05) is 13.0 Å². The smallest absolute Gasteiger partial charge is 0.0652 e. The van der Waals surface area contributed by atoms with Gasteiger partial charge in [0.05, 0.1) is 12.1 Å². The summed E-state index contributed by atoms with van der Waals surface area (Å²) in [7, 11) is 0. The maximum Gasteiger partial charge on any atom is 0.0652 e. The Kier molecular flexibility index (Phi) is 4.54. The number of nitriles is 2. The molecule has 0 heterocycles. The van der Waals surface area contributed by atoms with E-state index in [1.54, 1.807) is 0 Å². The van der Waals surface area contributed by atoms with E-state index in [4.69, 9.17) is 10.5 Å². The average Bonchev–Trinajstić information content (AvgIpc) is 1.89. The molecule has 2 nitrogen and oxygen atoms in total. The Labute approximate surface area is 55.7 Å². The molecule has 0 rings (SSSR count). The quantitative estimate of drug-likeness (QED) is 0.536. The van der Waals surface area contributed by atoms with E-state index in [1.165, 1.54) is 0 Å². The third-order valence-corrected chi connectivity index (χ3v) is 1.15. The van der Waals surface area contributed by atoms with Crippen molar-refractivity contribution in [2.24, 2.45) is 5.92 Å². The maximum absolute atomic E-state index is 8.30. The third-order valence-electron chi connectivity index (χ3n) is 1.15. The normalized spacial score (nSPS) is 11.4. The van der Waals surface area contributed by atoms with Crippen LogP contribution >= 0.6 is 0 Å². The summed E-state index contributed by atoms with van der Waals surface area (Å²) in [6.07, 6.45) is 2.28. The van der Waals surface area contributed by atoms with Crippen LogP contribution < -0.4 is 0 Å². The molecule has 0 radical (unpaired) electrons. The highest BCUT2D eigenvalue weighted by atomic mass is 14.3. The molecular weight excluding hydrogens is 112 g/mol. The van der Waals surface area contributed by atoms with E-state index in [-0.39, 0.29) is 5.92 Å². The summed E-state index contributed by atoms with van der Waals surface area (Å²) in [5.41, 5.74) is 0. The van der Waals surface area contributed by atoms with Gasteiger partial charge in [-0.3, -0.25) is 0 Å². The summed E-state index contributed by atoms with van der Waals surface area (Å²) in [4.78, 5) is 0. The van der Waals surface area contributed by atoms with E-state index in [0.29, 0.717) is 6.42 Å². The van der Waals surface area contributed by atoms with Gasteiger partial charge in [-0.15, -0.1) is 0 Å². The number of hydrogen-bond donors (Lipinski definition) is 0. The molecular formula is C7H10N2. The zero-order chi connectivity index (χ0) is 7.11. The van der Waals surface area contributed by atoms with Gasteiger partial charge in [0.1, 0.15) is 0 Å². The second kappa shape index (κ2) is 5.12. The fourth-order valence-corrected chi connectivity index (χ4v) is 0.552.